The summed E-state index contributed by atoms with van der Waals surface area (Å²) >= 11 is 0. The molecule has 0 aliphatic heterocycles. The minimum absolute atomic E-state index is 0.0899. The molecule has 0 rings (SSSR count). The quantitative estimate of drug-likeness (QED) is 0.0618. The lowest BCUT2D eigenvalue weighted by Gasteiger charge is -2.15. The average Bonchev–Trinajstić information content (AvgIpc) is 2.96. The predicted octanol–water partition coefficient (Wildman–Crippen LogP) is 9.28. The van der Waals surface area contributed by atoms with Gasteiger partial charge in [-0.15, -0.1) is 0 Å². The van der Waals surface area contributed by atoms with Crippen LogP contribution in [0, 0.1) is 0 Å². The Morgan fingerprint density at radius 3 is 1.70 bits per heavy atom. The number of carbonyl (C=O) groups is 2. The summed E-state index contributed by atoms with van der Waals surface area (Å²) in [5.41, 5.74) is 0. The van der Waals surface area contributed by atoms with Crippen molar-refractivity contribution in [2.75, 3.05) is 13.2 Å². The number of esters is 2. The zero-order valence-electron chi connectivity index (χ0n) is 25.6. The fourth-order valence-corrected chi connectivity index (χ4v) is 3.88. The topological polar surface area (TPSA) is 72.8 Å². The Morgan fingerprint density at radius 1 is 0.600 bits per heavy atom. The lowest BCUT2D eigenvalue weighted by Crippen LogP contribution is -2.28. The molecule has 5 heteroatoms. The molecule has 0 saturated carbocycles. The standard InChI is InChI=1S/C35H58O5/c1-3-5-7-9-11-13-15-16-17-18-20-22-24-26-28-30-35(38)40-33(31-36)32-39-34(37)29-27-25-23-21-19-14-12-10-8-6-4-2/h5,7,10-13,16-17,20,22,33,36H,3-4,6,8-9,14-15,18-19,21,23-32H2,1-2H3/b7-5+,12-10+,13-11+,17-16+,22-20+/t33-/m0/s1. The second-order valence-corrected chi connectivity index (χ2v) is 10.1. The van der Waals surface area contributed by atoms with Gasteiger partial charge in [0.25, 0.3) is 0 Å². The van der Waals surface area contributed by atoms with Crippen LogP contribution in [0.2, 0.25) is 0 Å². The first kappa shape index (κ1) is 37.6. The Labute approximate surface area is 245 Å². The van der Waals surface area contributed by atoms with Gasteiger partial charge in [-0.05, 0) is 70.6 Å². The van der Waals surface area contributed by atoms with Gasteiger partial charge in [0.05, 0.1) is 6.61 Å². The molecule has 0 fully saturated rings. The number of hydrogen-bond acceptors (Lipinski definition) is 5. The second-order valence-electron chi connectivity index (χ2n) is 10.1. The van der Waals surface area contributed by atoms with Gasteiger partial charge in [-0.25, -0.2) is 0 Å². The molecule has 0 spiro atoms. The van der Waals surface area contributed by atoms with E-state index in [9.17, 15) is 14.7 Å². The molecule has 0 bridgehead atoms. The van der Waals surface area contributed by atoms with Gasteiger partial charge in [0.1, 0.15) is 6.61 Å². The molecular formula is C35H58O5. The summed E-state index contributed by atoms with van der Waals surface area (Å²) in [6, 6.07) is 0. The van der Waals surface area contributed by atoms with E-state index in [0.29, 0.717) is 12.8 Å². The molecule has 0 amide bonds. The minimum Gasteiger partial charge on any atom is -0.462 e. The van der Waals surface area contributed by atoms with Crippen molar-refractivity contribution >= 4 is 11.9 Å². The van der Waals surface area contributed by atoms with Gasteiger partial charge >= 0.3 is 11.9 Å². The Morgan fingerprint density at radius 2 is 1.07 bits per heavy atom. The van der Waals surface area contributed by atoms with Crippen LogP contribution < -0.4 is 0 Å². The maximum atomic E-state index is 12.1. The molecule has 0 unspecified atom stereocenters. The molecule has 40 heavy (non-hydrogen) atoms. The molecule has 0 aromatic rings. The van der Waals surface area contributed by atoms with Crippen molar-refractivity contribution in [3.63, 3.8) is 0 Å². The number of rotatable bonds is 27. The summed E-state index contributed by atoms with van der Waals surface area (Å²) < 4.78 is 10.5. The maximum absolute atomic E-state index is 12.1. The van der Waals surface area contributed by atoms with E-state index in [4.69, 9.17) is 9.47 Å². The van der Waals surface area contributed by atoms with Crippen molar-refractivity contribution in [1.82, 2.24) is 0 Å². The zero-order chi connectivity index (χ0) is 29.4. The van der Waals surface area contributed by atoms with Crippen molar-refractivity contribution < 1.29 is 24.2 Å². The molecule has 228 valence electrons. The first-order chi connectivity index (χ1) is 19.6. The largest absolute Gasteiger partial charge is 0.462 e. The number of aliphatic hydroxyl groups is 1. The predicted molar refractivity (Wildman–Crippen MR) is 168 cm³/mol. The van der Waals surface area contributed by atoms with E-state index in [1.54, 1.807) is 0 Å². The summed E-state index contributed by atoms with van der Waals surface area (Å²) in [5, 5.41) is 9.47. The summed E-state index contributed by atoms with van der Waals surface area (Å²) in [6.07, 6.45) is 38.4. The van der Waals surface area contributed by atoms with E-state index < -0.39 is 6.10 Å². The molecule has 1 N–H and O–H groups in total. The van der Waals surface area contributed by atoms with E-state index in [1.807, 2.05) is 0 Å². The van der Waals surface area contributed by atoms with E-state index in [2.05, 4.69) is 74.6 Å². The van der Waals surface area contributed by atoms with Crippen LogP contribution in [0.25, 0.3) is 0 Å². The van der Waals surface area contributed by atoms with Gasteiger partial charge in [-0.3, -0.25) is 9.59 Å². The van der Waals surface area contributed by atoms with Crippen LogP contribution in [0.4, 0.5) is 0 Å². The fraction of sp³-hybridized carbons (Fsp3) is 0.657. The van der Waals surface area contributed by atoms with Gasteiger partial charge in [0.2, 0.25) is 0 Å². The van der Waals surface area contributed by atoms with E-state index in [1.165, 1.54) is 32.1 Å². The minimum atomic E-state index is -0.795. The van der Waals surface area contributed by atoms with Crippen molar-refractivity contribution in [1.29, 1.82) is 0 Å². The van der Waals surface area contributed by atoms with Gasteiger partial charge in [0.15, 0.2) is 6.10 Å². The summed E-state index contributed by atoms with van der Waals surface area (Å²) in [7, 11) is 0. The first-order valence-corrected chi connectivity index (χ1v) is 15.8. The molecule has 0 aliphatic rings. The third-order valence-electron chi connectivity index (χ3n) is 6.30. The van der Waals surface area contributed by atoms with Crippen LogP contribution in [-0.4, -0.2) is 36.4 Å². The zero-order valence-corrected chi connectivity index (χ0v) is 25.6. The number of carbonyl (C=O) groups excluding carboxylic acids is 2. The average molecular weight is 559 g/mol. The Hall–Kier alpha value is -2.40. The molecule has 0 aromatic carbocycles. The Kier molecular flexibility index (Phi) is 29.3. The third kappa shape index (κ3) is 28.6. The number of unbranched alkanes of at least 4 members (excludes halogenated alkanes) is 9. The Bertz CT molecular complexity index is 732. The molecule has 0 radical (unpaired) electrons. The van der Waals surface area contributed by atoms with Gasteiger partial charge in [-0.1, -0.05) is 107 Å². The van der Waals surface area contributed by atoms with Crippen molar-refractivity contribution in [3.05, 3.63) is 60.8 Å². The van der Waals surface area contributed by atoms with Crippen molar-refractivity contribution in [3.8, 4) is 0 Å². The number of hydrogen-bond donors (Lipinski definition) is 1. The molecule has 1 atom stereocenters. The van der Waals surface area contributed by atoms with E-state index >= 15 is 0 Å². The normalized spacial score (nSPS) is 13.0. The lowest BCUT2D eigenvalue weighted by atomic mass is 10.1. The van der Waals surface area contributed by atoms with Crippen LogP contribution in [0.5, 0.6) is 0 Å². The highest BCUT2D eigenvalue weighted by molar-refractivity contribution is 5.70. The first-order valence-electron chi connectivity index (χ1n) is 15.8. The summed E-state index contributed by atoms with van der Waals surface area (Å²) in [4.78, 5) is 24.0. The SMILES string of the molecule is CC/C=C/C/C=C/C/C=C/C/C=C/CCCCC(=O)O[C@@H](CO)COC(=O)CCCCCCC/C=C/CCCC. The summed E-state index contributed by atoms with van der Waals surface area (Å²) in [5.74, 6) is -0.660. The van der Waals surface area contributed by atoms with Crippen LogP contribution >= 0.6 is 0 Å². The number of aliphatic hydroxyl groups excluding tert-OH is 1. The number of ether oxygens (including phenoxy) is 2. The molecule has 0 saturated heterocycles. The highest BCUT2D eigenvalue weighted by atomic mass is 16.6. The van der Waals surface area contributed by atoms with Crippen LogP contribution in [-0.2, 0) is 19.1 Å². The maximum Gasteiger partial charge on any atom is 0.306 e. The van der Waals surface area contributed by atoms with Crippen molar-refractivity contribution in [2.45, 2.75) is 136 Å². The monoisotopic (exact) mass is 558 g/mol. The fourth-order valence-electron chi connectivity index (χ4n) is 3.88. The van der Waals surface area contributed by atoms with Gasteiger partial charge in [0, 0.05) is 12.8 Å². The van der Waals surface area contributed by atoms with Gasteiger partial charge in [-0.2, -0.15) is 0 Å². The summed E-state index contributed by atoms with van der Waals surface area (Å²) in [6.45, 7) is 3.91. The highest BCUT2D eigenvalue weighted by Gasteiger charge is 2.15. The molecule has 0 aromatic heterocycles. The van der Waals surface area contributed by atoms with Gasteiger partial charge < -0.3 is 14.6 Å². The highest BCUT2D eigenvalue weighted by Crippen LogP contribution is 2.10. The van der Waals surface area contributed by atoms with Crippen molar-refractivity contribution in [2.24, 2.45) is 0 Å². The van der Waals surface area contributed by atoms with Crippen LogP contribution in [0.1, 0.15) is 129 Å². The molecule has 5 nitrogen and oxygen atoms in total. The Balaban J connectivity index is 3.73. The van der Waals surface area contributed by atoms with Crippen LogP contribution in [0.15, 0.2) is 60.8 Å². The molecule has 0 heterocycles. The smallest absolute Gasteiger partial charge is 0.306 e. The van der Waals surface area contributed by atoms with E-state index in [-0.39, 0.29) is 25.2 Å². The lowest BCUT2D eigenvalue weighted by molar-refractivity contribution is -0.161. The molecular weight excluding hydrogens is 500 g/mol. The molecule has 0 aliphatic carbocycles. The second kappa shape index (κ2) is 31.1. The number of allylic oxidation sites excluding steroid dienone is 10. The van der Waals surface area contributed by atoms with E-state index in [0.717, 1.165) is 70.6 Å². The van der Waals surface area contributed by atoms with Crippen LogP contribution in [0.3, 0.4) is 0 Å². The third-order valence-corrected chi connectivity index (χ3v) is 6.30.